The van der Waals surface area contributed by atoms with Gasteiger partial charge in [-0.2, -0.15) is 0 Å². The number of hydrogen-bond acceptors (Lipinski definition) is 13. The number of nitrogens with two attached hydrogens (primary N) is 1. The third-order valence-corrected chi connectivity index (χ3v) is 4.80. The van der Waals surface area contributed by atoms with Crippen LogP contribution in [0.2, 0.25) is 5.02 Å². The SMILES string of the molecule is CC(=O)O.CCCOC/C(N)=C\C(=O)OCC.CCCOCC(=O)CC(=O)OCC.COC(=O)/C(=C\c1ccccc1Cl)C(C)=O.I.N.[I][V]([I])[I].[I][V][I].[V]. The Bertz CT molecular complexity index is 1240. The zero-order valence-corrected chi connectivity index (χ0v) is 50.1. The number of esters is 3. The average molecular weight is 1610 g/mol. The van der Waals surface area contributed by atoms with Crippen molar-refractivity contribution in [2.75, 3.05) is 46.8 Å². The summed E-state index contributed by atoms with van der Waals surface area (Å²) in [5.41, 5.74) is 6.47. The Labute approximate surface area is 432 Å². The summed E-state index contributed by atoms with van der Waals surface area (Å²) in [7, 11) is 1.86. The first-order valence-corrected chi connectivity index (χ1v) is 38.2. The zero-order valence-electron chi connectivity index (χ0n) is 32.1. The van der Waals surface area contributed by atoms with Crippen LogP contribution >= 0.6 is 135 Å². The van der Waals surface area contributed by atoms with E-state index in [0.29, 0.717) is 52.2 Å². The minimum absolute atomic E-state index is 0. The summed E-state index contributed by atoms with van der Waals surface area (Å²) in [6.07, 6.45) is 4.30. The van der Waals surface area contributed by atoms with Gasteiger partial charge >= 0.3 is 132 Å². The van der Waals surface area contributed by atoms with Crippen molar-refractivity contribution >= 4 is 177 Å². The van der Waals surface area contributed by atoms with Gasteiger partial charge in [0, 0.05) is 55.5 Å². The largest absolute Gasteiger partial charge is 0 e. The van der Waals surface area contributed by atoms with E-state index in [1.165, 1.54) is 26.2 Å². The molecule has 1 aromatic carbocycles. The van der Waals surface area contributed by atoms with E-state index in [-0.39, 0.29) is 90.4 Å². The fourth-order valence-corrected chi connectivity index (χ4v) is 2.82. The molecule has 0 fully saturated rings. The second-order valence-electron chi connectivity index (χ2n) is 9.00. The first-order valence-electron chi connectivity index (χ1n) is 15.2. The maximum atomic E-state index is 11.3. The molecule has 0 atom stereocenters. The number of ether oxygens (including phenoxy) is 5. The van der Waals surface area contributed by atoms with Crippen molar-refractivity contribution in [2.24, 2.45) is 5.73 Å². The summed E-state index contributed by atoms with van der Waals surface area (Å²) in [5.74, 6) is -2.97. The molecular formula is C32H52ClI6N2O12V3. The predicted molar refractivity (Wildman–Crippen MR) is 263 cm³/mol. The van der Waals surface area contributed by atoms with E-state index in [1.54, 1.807) is 38.1 Å². The van der Waals surface area contributed by atoms with Gasteiger partial charge in [-0.25, -0.2) is 9.59 Å². The van der Waals surface area contributed by atoms with Gasteiger partial charge in [0.2, 0.25) is 0 Å². The van der Waals surface area contributed by atoms with Crippen LogP contribution in [0.15, 0.2) is 41.6 Å². The first-order chi connectivity index (χ1) is 24.8. The van der Waals surface area contributed by atoms with Crippen LogP contribution < -0.4 is 11.9 Å². The van der Waals surface area contributed by atoms with Gasteiger partial charge in [0.05, 0.1) is 26.9 Å². The maximum absolute atomic E-state index is 11.3. The van der Waals surface area contributed by atoms with E-state index in [9.17, 15) is 24.0 Å². The van der Waals surface area contributed by atoms with Gasteiger partial charge in [0.25, 0.3) is 5.97 Å². The number of aliphatic carboxylic acids is 1. The molecule has 0 aliphatic rings. The van der Waals surface area contributed by atoms with Crippen LogP contribution in [0.5, 0.6) is 0 Å². The quantitative estimate of drug-likeness (QED) is 0.0266. The Morgan fingerprint density at radius 3 is 1.70 bits per heavy atom. The molecule has 326 valence electrons. The number of benzene rings is 1. The molecular weight excluding hydrogens is 1550 g/mol. The van der Waals surface area contributed by atoms with Crippen molar-refractivity contribution in [1.82, 2.24) is 6.15 Å². The van der Waals surface area contributed by atoms with E-state index >= 15 is 0 Å². The summed E-state index contributed by atoms with van der Waals surface area (Å²) in [6, 6.07) is 6.94. The summed E-state index contributed by atoms with van der Waals surface area (Å²) in [6.45, 7) is 12.0. The molecule has 0 saturated heterocycles. The van der Waals surface area contributed by atoms with Crippen LogP contribution in [-0.4, -0.2) is 87.3 Å². The molecule has 0 aromatic heterocycles. The Balaban J connectivity index is -0.0000000889. The first kappa shape index (κ1) is 75.4. The normalized spacial score (nSPS) is 9.39. The van der Waals surface area contributed by atoms with Gasteiger partial charge in [-0.1, -0.05) is 43.6 Å². The molecule has 0 bridgehead atoms. The predicted octanol–water partition coefficient (Wildman–Crippen LogP) is 9.53. The Morgan fingerprint density at radius 2 is 1.32 bits per heavy atom. The van der Waals surface area contributed by atoms with Crippen molar-refractivity contribution in [3.63, 3.8) is 0 Å². The van der Waals surface area contributed by atoms with Crippen molar-refractivity contribution < 1.29 is 90.5 Å². The number of carboxylic acids is 1. The molecule has 56 heavy (non-hydrogen) atoms. The molecule has 0 spiro atoms. The van der Waals surface area contributed by atoms with Crippen molar-refractivity contribution in [2.45, 2.75) is 60.8 Å². The molecule has 0 aliphatic carbocycles. The maximum Gasteiger partial charge on any atom is 0 e. The second-order valence-corrected chi connectivity index (χ2v) is 56.6. The van der Waals surface area contributed by atoms with Gasteiger partial charge in [-0.15, -0.1) is 24.0 Å². The molecule has 0 amide bonds. The third-order valence-electron chi connectivity index (χ3n) is 4.46. The Morgan fingerprint density at radius 1 is 0.893 bits per heavy atom. The van der Waals surface area contributed by atoms with Gasteiger partial charge in [-0.3, -0.25) is 19.2 Å². The molecule has 1 aromatic rings. The molecule has 14 nitrogen and oxygen atoms in total. The number of Topliss-reactive ketones (excluding diaryl/α,β-unsaturated/α-hetero) is 2. The minimum atomic E-state index is -0.833. The van der Waals surface area contributed by atoms with Crippen LogP contribution in [0.4, 0.5) is 0 Å². The number of carbonyl (C=O) groups is 6. The number of methoxy groups -OCH3 is 1. The molecule has 1 rings (SSSR count). The van der Waals surface area contributed by atoms with Gasteiger partial charge < -0.3 is 40.7 Å². The van der Waals surface area contributed by atoms with Crippen LogP contribution in [0, 0.1) is 0 Å². The van der Waals surface area contributed by atoms with E-state index in [4.69, 9.17) is 36.7 Å². The molecule has 0 saturated carbocycles. The van der Waals surface area contributed by atoms with E-state index in [1.807, 2.05) is 13.8 Å². The Hall–Kier alpha value is 2.02. The van der Waals surface area contributed by atoms with E-state index in [2.05, 4.69) is 114 Å². The number of hydrogen-bond donors (Lipinski definition) is 3. The number of rotatable bonds is 16. The van der Waals surface area contributed by atoms with Crippen molar-refractivity contribution in [3.8, 4) is 0 Å². The molecule has 0 unspecified atom stereocenters. The Kier molecular flexibility index (Phi) is 76.8. The standard InChI is InChI=1S/C12H11ClO3.C9H17NO3.C9H16O4.C2H4O2.6HI.H3N.3V/c1-8(14)10(12(15)16-2)7-9-5-3-4-6-11(9)13;2*1-3-5-12-7-8(10)6-9(11)13-4-2;1-2(3)4;;;;;;;;;;/h3-7H,1-2H3;6H,3-5,7,10H2,1-2H3;3-7H2,1-2H3;1H3,(H,3,4);6*1H;1H3;;;/q;;;;;;;;;;;;+2;+3/p-5/b10-7-;8-6+;;;;;;;;;;;;. The van der Waals surface area contributed by atoms with E-state index in [0.717, 1.165) is 19.8 Å². The zero-order chi connectivity index (χ0) is 42.2. The van der Waals surface area contributed by atoms with Crippen LogP contribution in [0.3, 0.4) is 0 Å². The van der Waals surface area contributed by atoms with Gasteiger partial charge in [0.15, 0.2) is 11.6 Å². The monoisotopic (exact) mass is 1610 g/mol. The van der Waals surface area contributed by atoms with Gasteiger partial charge in [-0.05, 0) is 51.3 Å². The molecule has 0 heterocycles. The van der Waals surface area contributed by atoms with Crippen LogP contribution in [0.1, 0.15) is 66.4 Å². The smallest absolute Gasteiger partial charge is 0 e. The van der Waals surface area contributed by atoms with Crippen LogP contribution in [-0.2, 0) is 85.4 Å². The van der Waals surface area contributed by atoms with Gasteiger partial charge in [0.1, 0.15) is 18.6 Å². The molecule has 1 radical (unpaired) electrons. The van der Waals surface area contributed by atoms with Crippen LogP contribution in [0.25, 0.3) is 6.08 Å². The third kappa shape index (κ3) is 65.2. The topological polar surface area (TPSA) is 230 Å². The summed E-state index contributed by atoms with van der Waals surface area (Å²) in [5, 5.41) is 7.89. The van der Waals surface area contributed by atoms with Crippen molar-refractivity contribution in [3.05, 3.63) is 52.2 Å². The number of carboxylic acid groups (broad SMARTS) is 1. The fraction of sp³-hybridized carbons (Fsp3) is 0.500. The summed E-state index contributed by atoms with van der Waals surface area (Å²) >= 11 is 18.0. The average Bonchev–Trinajstić information content (AvgIpc) is 3.05. The minimum Gasteiger partial charge on any atom is 0 e. The summed E-state index contributed by atoms with van der Waals surface area (Å²) in [4.78, 5) is 63.9. The number of carbonyl (C=O) groups excluding carboxylic acids is 5. The molecule has 24 heteroatoms. The fourth-order valence-electron chi connectivity index (χ4n) is 2.63. The van der Waals surface area contributed by atoms with E-state index < -0.39 is 23.9 Å². The molecule has 6 N–H and O–H groups in total. The number of ketones is 2. The second kappa shape index (κ2) is 57.0. The number of halogens is 7. The molecule has 0 aliphatic heterocycles. The summed E-state index contributed by atoms with van der Waals surface area (Å²) < 4.78 is 23.9. The van der Waals surface area contributed by atoms with Crippen molar-refractivity contribution in [1.29, 1.82) is 0 Å².